The molecule has 0 fully saturated rings. The largest absolute Gasteiger partial charge is 0.306 e. The molecule has 2 aromatic carbocycles. The zero-order valence-electron chi connectivity index (χ0n) is 8.97. The van der Waals surface area contributed by atoms with Gasteiger partial charge in [-0.2, -0.15) is 0 Å². The molecule has 1 unspecified atom stereocenters. The predicted molar refractivity (Wildman–Crippen MR) is 71.4 cm³/mol. The topological polar surface area (TPSA) is 37.3 Å². The van der Waals surface area contributed by atoms with Crippen LogP contribution >= 0.6 is 11.6 Å². The van der Waals surface area contributed by atoms with Gasteiger partial charge in [0.1, 0.15) is 0 Å². The maximum absolute atomic E-state index is 10.7. The van der Waals surface area contributed by atoms with Crippen LogP contribution in [0.2, 0.25) is 5.02 Å². The first kappa shape index (κ1) is 12.3. The molecule has 0 saturated heterocycles. The molecule has 0 saturated carbocycles. The number of benzene rings is 2. The molecule has 0 amide bonds. The number of rotatable bonds is 3. The zero-order valence-corrected chi connectivity index (χ0v) is 10.5. The van der Waals surface area contributed by atoms with Gasteiger partial charge in [-0.25, -0.2) is 4.21 Å². The van der Waals surface area contributed by atoms with Crippen LogP contribution in [0.4, 0.5) is 0 Å². The van der Waals surface area contributed by atoms with Gasteiger partial charge in [0, 0.05) is 10.6 Å². The van der Waals surface area contributed by atoms with Gasteiger partial charge in [-0.1, -0.05) is 54.1 Å². The molecular formula is C13H11ClO2S. The Kier molecular flexibility index (Phi) is 3.94. The van der Waals surface area contributed by atoms with Crippen LogP contribution in [0, 0.1) is 0 Å². The van der Waals surface area contributed by atoms with Crippen LogP contribution < -0.4 is 0 Å². The lowest BCUT2D eigenvalue weighted by Gasteiger charge is -2.06. The van der Waals surface area contributed by atoms with E-state index in [1.807, 2.05) is 42.5 Å². The standard InChI is InChI=1S/C13H11ClO2S/c14-13-8-10(9-17(15)16)6-7-12(13)11-4-2-1-3-5-11/h1-8H,9H2,(H,15,16). The Labute approximate surface area is 108 Å². The molecule has 2 rings (SSSR count). The average Bonchev–Trinajstić information content (AvgIpc) is 2.29. The molecule has 2 nitrogen and oxygen atoms in total. The highest BCUT2D eigenvalue weighted by Gasteiger charge is 2.05. The van der Waals surface area contributed by atoms with E-state index < -0.39 is 11.1 Å². The van der Waals surface area contributed by atoms with E-state index in [0.717, 1.165) is 16.7 Å². The summed E-state index contributed by atoms with van der Waals surface area (Å²) in [5.41, 5.74) is 2.73. The van der Waals surface area contributed by atoms with Gasteiger partial charge in [-0.05, 0) is 17.2 Å². The van der Waals surface area contributed by atoms with Crippen molar-refractivity contribution >= 4 is 22.7 Å². The molecule has 0 aliphatic heterocycles. The molecule has 1 N–H and O–H groups in total. The van der Waals surface area contributed by atoms with E-state index in [4.69, 9.17) is 16.2 Å². The molecule has 0 aliphatic rings. The van der Waals surface area contributed by atoms with Gasteiger partial charge in [-0.3, -0.25) is 0 Å². The first-order valence-electron chi connectivity index (χ1n) is 5.08. The summed E-state index contributed by atoms with van der Waals surface area (Å²) in [7, 11) is 0. The predicted octanol–water partition coefficient (Wildman–Crippen LogP) is 3.73. The fourth-order valence-corrected chi connectivity index (χ4v) is 2.42. The fraction of sp³-hybridized carbons (Fsp3) is 0.0769. The van der Waals surface area contributed by atoms with E-state index in [-0.39, 0.29) is 5.75 Å². The minimum absolute atomic E-state index is 0.106. The summed E-state index contributed by atoms with van der Waals surface area (Å²) < 4.78 is 19.5. The summed E-state index contributed by atoms with van der Waals surface area (Å²) in [5.74, 6) is 0.106. The normalized spacial score (nSPS) is 12.4. The lowest BCUT2D eigenvalue weighted by molar-refractivity contribution is 0.563. The SMILES string of the molecule is O=S(O)Cc1ccc(-c2ccccc2)c(Cl)c1. The smallest absolute Gasteiger partial charge is 0.157 e. The first-order valence-corrected chi connectivity index (χ1v) is 6.73. The van der Waals surface area contributed by atoms with Crippen LogP contribution in [-0.4, -0.2) is 8.76 Å². The molecule has 0 spiro atoms. The summed E-state index contributed by atoms with van der Waals surface area (Å²) in [6, 6.07) is 15.2. The molecule has 17 heavy (non-hydrogen) atoms. The third-order valence-electron chi connectivity index (χ3n) is 2.41. The molecule has 0 bridgehead atoms. The van der Waals surface area contributed by atoms with E-state index in [9.17, 15) is 4.21 Å². The molecule has 1 atom stereocenters. The summed E-state index contributed by atoms with van der Waals surface area (Å²) >= 11 is 4.33. The maximum atomic E-state index is 10.7. The molecule has 2 aromatic rings. The van der Waals surface area contributed by atoms with E-state index in [0.29, 0.717) is 5.02 Å². The average molecular weight is 267 g/mol. The van der Waals surface area contributed by atoms with Crippen LogP contribution in [0.15, 0.2) is 48.5 Å². The Hall–Kier alpha value is -1.16. The van der Waals surface area contributed by atoms with E-state index in [2.05, 4.69) is 0 Å². The van der Waals surface area contributed by atoms with Gasteiger partial charge in [0.25, 0.3) is 0 Å². The van der Waals surface area contributed by atoms with Crippen LogP contribution in [-0.2, 0) is 16.8 Å². The second-order valence-corrected chi connectivity index (χ2v) is 4.98. The Balaban J connectivity index is 2.35. The van der Waals surface area contributed by atoms with Crippen molar-refractivity contribution in [2.45, 2.75) is 5.75 Å². The van der Waals surface area contributed by atoms with Crippen LogP contribution in [0.5, 0.6) is 0 Å². The van der Waals surface area contributed by atoms with Gasteiger partial charge in [0.2, 0.25) is 0 Å². The highest BCUT2D eigenvalue weighted by Crippen LogP contribution is 2.28. The highest BCUT2D eigenvalue weighted by atomic mass is 35.5. The second-order valence-electron chi connectivity index (χ2n) is 3.65. The molecule has 0 radical (unpaired) electrons. The van der Waals surface area contributed by atoms with Crippen molar-refractivity contribution in [2.75, 3.05) is 0 Å². The first-order chi connectivity index (χ1) is 8.16. The van der Waals surface area contributed by atoms with Crippen molar-refractivity contribution in [1.82, 2.24) is 0 Å². The van der Waals surface area contributed by atoms with E-state index in [1.165, 1.54) is 0 Å². The van der Waals surface area contributed by atoms with Crippen molar-refractivity contribution in [3.8, 4) is 11.1 Å². The van der Waals surface area contributed by atoms with Gasteiger partial charge < -0.3 is 4.55 Å². The minimum atomic E-state index is -1.83. The third kappa shape index (κ3) is 3.16. The quantitative estimate of drug-likeness (QED) is 0.860. The van der Waals surface area contributed by atoms with Crippen molar-refractivity contribution < 1.29 is 8.76 Å². The van der Waals surface area contributed by atoms with Crippen molar-refractivity contribution in [3.63, 3.8) is 0 Å². The molecule has 4 heteroatoms. The Morgan fingerprint density at radius 1 is 1.12 bits per heavy atom. The summed E-state index contributed by atoms with van der Waals surface area (Å²) in [5, 5.41) is 0.596. The van der Waals surface area contributed by atoms with Crippen LogP contribution in [0.1, 0.15) is 5.56 Å². The number of hydrogen-bond donors (Lipinski definition) is 1. The van der Waals surface area contributed by atoms with E-state index in [1.54, 1.807) is 6.07 Å². The van der Waals surface area contributed by atoms with Crippen LogP contribution in [0.3, 0.4) is 0 Å². The number of halogens is 1. The van der Waals surface area contributed by atoms with Gasteiger partial charge in [-0.15, -0.1) is 0 Å². The van der Waals surface area contributed by atoms with E-state index >= 15 is 0 Å². The van der Waals surface area contributed by atoms with Crippen molar-refractivity contribution in [2.24, 2.45) is 0 Å². The monoisotopic (exact) mass is 266 g/mol. The molecule has 0 heterocycles. The summed E-state index contributed by atoms with van der Waals surface area (Å²) in [6.07, 6.45) is 0. The summed E-state index contributed by atoms with van der Waals surface area (Å²) in [6.45, 7) is 0. The molecular weight excluding hydrogens is 256 g/mol. The van der Waals surface area contributed by atoms with Gasteiger partial charge >= 0.3 is 0 Å². The zero-order chi connectivity index (χ0) is 12.3. The minimum Gasteiger partial charge on any atom is -0.306 e. The van der Waals surface area contributed by atoms with Crippen LogP contribution in [0.25, 0.3) is 11.1 Å². The maximum Gasteiger partial charge on any atom is 0.157 e. The summed E-state index contributed by atoms with van der Waals surface area (Å²) in [4.78, 5) is 0. The Morgan fingerprint density at radius 2 is 1.82 bits per heavy atom. The van der Waals surface area contributed by atoms with Crippen molar-refractivity contribution in [1.29, 1.82) is 0 Å². The Morgan fingerprint density at radius 3 is 2.41 bits per heavy atom. The molecule has 88 valence electrons. The third-order valence-corrected chi connectivity index (χ3v) is 3.30. The van der Waals surface area contributed by atoms with Gasteiger partial charge in [0.15, 0.2) is 11.1 Å². The number of hydrogen-bond acceptors (Lipinski definition) is 1. The molecule has 0 aliphatic carbocycles. The second kappa shape index (κ2) is 5.45. The Bertz CT molecular complexity index is 540. The lowest BCUT2D eigenvalue weighted by atomic mass is 10.0. The highest BCUT2D eigenvalue weighted by molar-refractivity contribution is 7.78. The van der Waals surface area contributed by atoms with Gasteiger partial charge in [0.05, 0.1) is 5.75 Å². The lowest BCUT2D eigenvalue weighted by Crippen LogP contribution is -1.93. The fourth-order valence-electron chi connectivity index (χ4n) is 1.64. The van der Waals surface area contributed by atoms with Crippen molar-refractivity contribution in [3.05, 3.63) is 59.1 Å². The molecule has 0 aromatic heterocycles.